The molecule has 0 fully saturated rings. The van der Waals surface area contributed by atoms with Crippen LogP contribution in [0.5, 0.6) is 0 Å². The highest BCUT2D eigenvalue weighted by Gasteiger charge is 2.17. The predicted molar refractivity (Wildman–Crippen MR) is 110 cm³/mol. The first kappa shape index (κ1) is 19.6. The van der Waals surface area contributed by atoms with E-state index in [4.69, 9.17) is 0 Å². The summed E-state index contributed by atoms with van der Waals surface area (Å²) >= 11 is 0. The van der Waals surface area contributed by atoms with Crippen molar-refractivity contribution in [1.82, 2.24) is 4.98 Å². The Hall–Kier alpha value is -3.13. The van der Waals surface area contributed by atoms with Crippen LogP contribution in [0.1, 0.15) is 25.1 Å². The van der Waals surface area contributed by atoms with Gasteiger partial charge in [0.2, 0.25) is 5.91 Å². The Kier molecular flexibility index (Phi) is 5.24. The maximum atomic E-state index is 12.8. The molecule has 0 saturated carbocycles. The van der Waals surface area contributed by atoms with E-state index >= 15 is 0 Å². The van der Waals surface area contributed by atoms with Crippen LogP contribution in [-0.2, 0) is 21.2 Å². The third-order valence-electron chi connectivity index (χ3n) is 4.35. The normalized spacial score (nSPS) is 11.4. The second kappa shape index (κ2) is 7.47. The van der Waals surface area contributed by atoms with E-state index in [1.165, 1.54) is 31.2 Å². The Morgan fingerprint density at radius 3 is 2.54 bits per heavy atom. The molecular weight excluding hydrogens is 378 g/mol. The number of nitrogens with one attached hydrogen (secondary N) is 3. The average molecular weight is 399 g/mol. The van der Waals surface area contributed by atoms with Crippen molar-refractivity contribution < 1.29 is 13.2 Å². The first-order valence-corrected chi connectivity index (χ1v) is 10.2. The van der Waals surface area contributed by atoms with Gasteiger partial charge in [-0.25, -0.2) is 8.42 Å². The number of carbonyl (C=O) groups excluding carboxylic acids is 1. The average Bonchev–Trinajstić information content (AvgIpc) is 2.63. The van der Waals surface area contributed by atoms with Crippen LogP contribution in [0.25, 0.3) is 10.9 Å². The number of H-pyrrole nitrogens is 1. The van der Waals surface area contributed by atoms with Crippen LogP contribution in [0.2, 0.25) is 0 Å². The number of amides is 1. The van der Waals surface area contributed by atoms with E-state index in [0.717, 1.165) is 11.3 Å². The van der Waals surface area contributed by atoms with E-state index in [9.17, 15) is 18.0 Å². The van der Waals surface area contributed by atoms with Crippen LogP contribution in [0, 0.1) is 6.92 Å². The summed E-state index contributed by atoms with van der Waals surface area (Å²) in [5.74, 6) is -0.286. The fourth-order valence-electron chi connectivity index (χ4n) is 2.86. The van der Waals surface area contributed by atoms with Gasteiger partial charge in [-0.3, -0.25) is 14.3 Å². The fraction of sp³-hybridized carbons (Fsp3) is 0.200. The number of anilines is 2. The number of rotatable bonds is 5. The number of aromatic nitrogens is 1. The summed E-state index contributed by atoms with van der Waals surface area (Å²) in [5, 5.41) is 3.02. The Bertz CT molecular complexity index is 1230. The van der Waals surface area contributed by atoms with Crippen molar-refractivity contribution in [3.05, 3.63) is 63.9 Å². The van der Waals surface area contributed by atoms with E-state index in [0.29, 0.717) is 23.0 Å². The zero-order chi connectivity index (χ0) is 20.5. The SMILES string of the molecule is CCc1cc(=O)c2cc(NS(=O)(=O)c3ccc(C)c(NC(C)=O)c3)ccc2[nH]1. The Morgan fingerprint density at radius 1 is 1.11 bits per heavy atom. The van der Waals surface area contributed by atoms with Crippen LogP contribution in [-0.4, -0.2) is 19.3 Å². The minimum Gasteiger partial charge on any atom is -0.358 e. The molecule has 146 valence electrons. The van der Waals surface area contributed by atoms with Gasteiger partial charge in [-0.05, 0) is 49.2 Å². The number of hydrogen-bond acceptors (Lipinski definition) is 4. The van der Waals surface area contributed by atoms with Gasteiger partial charge in [0.05, 0.1) is 4.90 Å². The Morgan fingerprint density at radius 2 is 1.86 bits per heavy atom. The lowest BCUT2D eigenvalue weighted by Crippen LogP contribution is -2.15. The van der Waals surface area contributed by atoms with E-state index in [-0.39, 0.29) is 21.9 Å². The molecule has 0 unspecified atom stereocenters. The molecule has 3 N–H and O–H groups in total. The molecule has 2 aromatic carbocycles. The topological polar surface area (TPSA) is 108 Å². The summed E-state index contributed by atoms with van der Waals surface area (Å²) in [4.78, 5) is 26.8. The molecule has 0 atom stereocenters. The molecule has 1 aromatic heterocycles. The van der Waals surface area contributed by atoms with Gasteiger partial charge in [0, 0.05) is 41.0 Å². The molecule has 0 aliphatic rings. The van der Waals surface area contributed by atoms with Crippen molar-refractivity contribution in [3.8, 4) is 0 Å². The molecule has 3 rings (SSSR count). The molecule has 0 radical (unpaired) electrons. The van der Waals surface area contributed by atoms with Crippen LogP contribution < -0.4 is 15.5 Å². The minimum atomic E-state index is -3.90. The molecule has 8 heteroatoms. The minimum absolute atomic E-state index is 0.0113. The number of aryl methyl sites for hydroxylation is 2. The number of benzene rings is 2. The maximum absolute atomic E-state index is 12.8. The van der Waals surface area contributed by atoms with Crippen molar-refractivity contribution in [3.63, 3.8) is 0 Å². The maximum Gasteiger partial charge on any atom is 0.261 e. The molecular formula is C20H21N3O4S. The van der Waals surface area contributed by atoms with Crippen molar-refractivity contribution >= 4 is 38.2 Å². The second-order valence-corrected chi connectivity index (χ2v) is 8.22. The van der Waals surface area contributed by atoms with Gasteiger partial charge < -0.3 is 10.3 Å². The second-order valence-electron chi connectivity index (χ2n) is 6.54. The highest BCUT2D eigenvalue weighted by atomic mass is 32.2. The van der Waals surface area contributed by atoms with Crippen LogP contribution in [0.3, 0.4) is 0 Å². The summed E-state index contributed by atoms with van der Waals surface area (Å²) in [6, 6.07) is 10.8. The van der Waals surface area contributed by atoms with E-state index in [1.807, 2.05) is 6.92 Å². The first-order valence-electron chi connectivity index (χ1n) is 8.76. The molecule has 28 heavy (non-hydrogen) atoms. The van der Waals surface area contributed by atoms with Crippen molar-refractivity contribution in [2.24, 2.45) is 0 Å². The van der Waals surface area contributed by atoms with Gasteiger partial charge in [-0.2, -0.15) is 0 Å². The molecule has 0 bridgehead atoms. The summed E-state index contributed by atoms with van der Waals surface area (Å²) in [7, 11) is -3.90. The molecule has 0 spiro atoms. The standard InChI is InChI=1S/C20H21N3O4S/c1-4-14-10-20(25)17-9-15(6-8-18(17)22-14)23-28(26,27)16-7-5-12(2)19(11-16)21-13(3)24/h5-11,23H,4H2,1-3H3,(H,21,24)(H,22,25). The molecule has 0 saturated heterocycles. The van der Waals surface area contributed by atoms with Crippen molar-refractivity contribution in [2.75, 3.05) is 10.0 Å². The van der Waals surface area contributed by atoms with Gasteiger partial charge in [-0.1, -0.05) is 13.0 Å². The van der Waals surface area contributed by atoms with Crippen LogP contribution in [0.15, 0.2) is 52.2 Å². The zero-order valence-electron chi connectivity index (χ0n) is 15.8. The zero-order valence-corrected chi connectivity index (χ0v) is 16.6. The van der Waals surface area contributed by atoms with Crippen LogP contribution in [0.4, 0.5) is 11.4 Å². The first-order chi connectivity index (χ1) is 13.2. The molecule has 7 nitrogen and oxygen atoms in total. The van der Waals surface area contributed by atoms with E-state index in [1.54, 1.807) is 25.1 Å². The highest BCUT2D eigenvalue weighted by Crippen LogP contribution is 2.23. The summed E-state index contributed by atoms with van der Waals surface area (Å²) in [5.41, 5.74) is 2.75. The molecule has 1 amide bonds. The third kappa shape index (κ3) is 4.07. The molecule has 0 aliphatic heterocycles. The summed E-state index contributed by atoms with van der Waals surface area (Å²) < 4.78 is 28.0. The number of sulfonamides is 1. The summed E-state index contributed by atoms with van der Waals surface area (Å²) in [6.07, 6.45) is 0.698. The molecule has 3 aromatic rings. The lowest BCUT2D eigenvalue weighted by Gasteiger charge is -2.12. The van der Waals surface area contributed by atoms with Gasteiger partial charge >= 0.3 is 0 Å². The Balaban J connectivity index is 1.97. The van der Waals surface area contributed by atoms with Crippen molar-refractivity contribution in [2.45, 2.75) is 32.1 Å². The van der Waals surface area contributed by atoms with Gasteiger partial charge in [0.25, 0.3) is 10.0 Å². The number of aromatic amines is 1. The monoisotopic (exact) mass is 399 g/mol. The summed E-state index contributed by atoms with van der Waals surface area (Å²) in [6.45, 7) is 5.07. The third-order valence-corrected chi connectivity index (χ3v) is 5.73. The van der Waals surface area contributed by atoms with Gasteiger partial charge in [0.1, 0.15) is 0 Å². The lowest BCUT2D eigenvalue weighted by atomic mass is 10.1. The predicted octanol–water partition coefficient (Wildman–Crippen LogP) is 3.16. The van der Waals surface area contributed by atoms with E-state index in [2.05, 4.69) is 15.0 Å². The molecule has 1 heterocycles. The van der Waals surface area contributed by atoms with Crippen molar-refractivity contribution in [1.29, 1.82) is 0 Å². The number of carbonyl (C=O) groups is 1. The van der Waals surface area contributed by atoms with E-state index < -0.39 is 10.0 Å². The lowest BCUT2D eigenvalue weighted by molar-refractivity contribution is -0.114. The Labute approximate surface area is 162 Å². The van der Waals surface area contributed by atoms with Gasteiger partial charge in [-0.15, -0.1) is 0 Å². The number of fused-ring (bicyclic) bond motifs is 1. The number of pyridine rings is 1. The quantitative estimate of drug-likeness (QED) is 0.612. The van der Waals surface area contributed by atoms with Crippen LogP contribution >= 0.6 is 0 Å². The smallest absolute Gasteiger partial charge is 0.261 e. The van der Waals surface area contributed by atoms with Gasteiger partial charge in [0.15, 0.2) is 5.43 Å². The number of hydrogen-bond donors (Lipinski definition) is 3. The largest absolute Gasteiger partial charge is 0.358 e. The molecule has 0 aliphatic carbocycles. The highest BCUT2D eigenvalue weighted by molar-refractivity contribution is 7.92. The fourth-order valence-corrected chi connectivity index (χ4v) is 3.94.